The van der Waals surface area contributed by atoms with Crippen LogP contribution >= 0.6 is 0 Å². The van der Waals surface area contributed by atoms with Crippen LogP contribution in [-0.2, 0) is 13.0 Å². The van der Waals surface area contributed by atoms with Gasteiger partial charge in [-0.1, -0.05) is 11.2 Å². The largest absolute Gasteiger partial charge is 0.339 e. The fourth-order valence-electron chi connectivity index (χ4n) is 4.07. The summed E-state index contributed by atoms with van der Waals surface area (Å²) in [5.74, 6) is 0.789. The van der Waals surface area contributed by atoms with Crippen LogP contribution in [0.4, 0.5) is 11.5 Å². The van der Waals surface area contributed by atoms with Crippen molar-refractivity contribution in [2.24, 2.45) is 5.18 Å². The van der Waals surface area contributed by atoms with E-state index in [4.69, 9.17) is 4.98 Å². The maximum absolute atomic E-state index is 12.0. The minimum absolute atomic E-state index is 0.0434. The van der Waals surface area contributed by atoms with Crippen LogP contribution in [0.2, 0.25) is 0 Å². The van der Waals surface area contributed by atoms with Crippen molar-refractivity contribution in [3.63, 3.8) is 0 Å². The minimum Gasteiger partial charge on any atom is -0.339 e. The van der Waals surface area contributed by atoms with Crippen LogP contribution in [0.25, 0.3) is 16.9 Å². The Balaban J connectivity index is 1.62. The zero-order valence-corrected chi connectivity index (χ0v) is 16.4. The third kappa shape index (κ3) is 2.97. The van der Waals surface area contributed by atoms with Gasteiger partial charge < -0.3 is 9.88 Å². The zero-order valence-electron chi connectivity index (χ0n) is 16.4. The first kappa shape index (κ1) is 18.2. The lowest BCUT2D eigenvalue weighted by atomic mass is 10.1. The predicted molar refractivity (Wildman–Crippen MR) is 115 cm³/mol. The second kappa shape index (κ2) is 7.22. The molecule has 0 fully saturated rings. The smallest absolute Gasteiger partial charge is 0.250 e. The van der Waals surface area contributed by atoms with Crippen LogP contribution < -0.4 is 10.9 Å². The highest BCUT2D eigenvalue weighted by Gasteiger charge is 2.23. The fourth-order valence-corrected chi connectivity index (χ4v) is 4.07. The normalized spacial score (nSPS) is 15.3. The number of imidazole rings is 1. The van der Waals surface area contributed by atoms with Crippen molar-refractivity contribution in [1.82, 2.24) is 18.9 Å². The molecule has 0 bridgehead atoms. The molecule has 8 nitrogen and oxygen atoms in total. The molecule has 0 saturated heterocycles. The molecule has 3 heterocycles. The Labute approximate surface area is 172 Å². The molecule has 0 amide bonds. The van der Waals surface area contributed by atoms with Crippen molar-refractivity contribution in [3.05, 3.63) is 81.5 Å². The van der Waals surface area contributed by atoms with E-state index in [0.29, 0.717) is 12.2 Å². The van der Waals surface area contributed by atoms with Crippen molar-refractivity contribution in [2.75, 3.05) is 5.32 Å². The Kier molecular flexibility index (Phi) is 4.39. The number of rotatable bonds is 5. The number of aromatic nitrogens is 4. The molecule has 3 aromatic heterocycles. The first-order chi connectivity index (χ1) is 14.7. The molecule has 0 aliphatic heterocycles. The molecule has 0 saturated carbocycles. The number of aryl methyl sites for hydroxylation is 2. The highest BCUT2D eigenvalue weighted by Crippen LogP contribution is 2.37. The summed E-state index contributed by atoms with van der Waals surface area (Å²) in [7, 11) is 0. The quantitative estimate of drug-likeness (QED) is 0.510. The molecule has 8 heteroatoms. The summed E-state index contributed by atoms with van der Waals surface area (Å²) in [4.78, 5) is 32.0. The van der Waals surface area contributed by atoms with Crippen LogP contribution in [0.3, 0.4) is 0 Å². The van der Waals surface area contributed by atoms with Crippen molar-refractivity contribution in [3.8, 4) is 11.3 Å². The zero-order chi connectivity index (χ0) is 20.7. The van der Waals surface area contributed by atoms with Gasteiger partial charge in [0.2, 0.25) is 0 Å². The molecule has 1 aliphatic rings. The van der Waals surface area contributed by atoms with Crippen molar-refractivity contribution in [1.29, 1.82) is 0 Å². The van der Waals surface area contributed by atoms with Gasteiger partial charge in [0.1, 0.15) is 17.6 Å². The van der Waals surface area contributed by atoms with Gasteiger partial charge in [-0.05, 0) is 49.1 Å². The van der Waals surface area contributed by atoms with Gasteiger partial charge in [-0.25, -0.2) is 4.98 Å². The summed E-state index contributed by atoms with van der Waals surface area (Å²) in [5.41, 5.74) is 5.29. The number of nitroso groups, excluding NO2 is 1. The highest BCUT2D eigenvalue weighted by molar-refractivity contribution is 5.79. The fraction of sp³-hybridized carbons (Fsp3) is 0.227. The maximum Gasteiger partial charge on any atom is 0.250 e. The molecule has 1 unspecified atom stereocenters. The van der Waals surface area contributed by atoms with E-state index in [1.165, 1.54) is 0 Å². The van der Waals surface area contributed by atoms with Gasteiger partial charge in [0.15, 0.2) is 5.65 Å². The number of pyridine rings is 1. The van der Waals surface area contributed by atoms with Crippen molar-refractivity contribution < 1.29 is 0 Å². The molecule has 1 atom stereocenters. The van der Waals surface area contributed by atoms with Gasteiger partial charge in [0.25, 0.3) is 5.56 Å². The Hall–Kier alpha value is -3.81. The van der Waals surface area contributed by atoms with Gasteiger partial charge >= 0.3 is 0 Å². The molecule has 0 spiro atoms. The summed E-state index contributed by atoms with van der Waals surface area (Å²) in [6.45, 7) is 2.52. The van der Waals surface area contributed by atoms with Crippen LogP contribution in [0.5, 0.6) is 0 Å². The van der Waals surface area contributed by atoms with E-state index in [1.54, 1.807) is 29.1 Å². The third-order valence-electron chi connectivity index (χ3n) is 5.61. The second-order valence-electron chi connectivity index (χ2n) is 7.35. The van der Waals surface area contributed by atoms with Gasteiger partial charge in [-0.3, -0.25) is 14.2 Å². The monoisotopic (exact) mass is 400 g/mol. The minimum atomic E-state index is -0.249. The molecule has 30 heavy (non-hydrogen) atoms. The van der Waals surface area contributed by atoms with Gasteiger partial charge in [0, 0.05) is 42.5 Å². The lowest BCUT2D eigenvalue weighted by molar-refractivity contribution is 0.710. The molecular weight excluding hydrogens is 380 g/mol. The van der Waals surface area contributed by atoms with Crippen LogP contribution in [-0.4, -0.2) is 18.9 Å². The molecule has 1 N–H and O–H groups in total. The topological polar surface area (TPSA) is 93.7 Å². The molecular formula is C22H20N6O2. The van der Waals surface area contributed by atoms with Gasteiger partial charge in [-0.2, -0.15) is 4.91 Å². The molecule has 4 aromatic rings. The molecule has 150 valence electrons. The standard InChI is InChI=1S/C22H20N6O2/c1-2-27-13-15(4-8-20(27)29)21-22(28-10-9-23-12-19(28)25-21)24-16-5-6-17-14(11-16)3-7-18(17)26-30/h4-6,8-13,18,24H,2-3,7H2,1H3. The maximum atomic E-state index is 12.0. The third-order valence-corrected chi connectivity index (χ3v) is 5.61. The van der Waals surface area contributed by atoms with Gasteiger partial charge in [-0.15, -0.1) is 0 Å². The first-order valence-corrected chi connectivity index (χ1v) is 9.93. The van der Waals surface area contributed by atoms with Crippen LogP contribution in [0.15, 0.2) is 65.1 Å². The van der Waals surface area contributed by atoms with E-state index in [2.05, 4.69) is 21.5 Å². The average molecular weight is 400 g/mol. The summed E-state index contributed by atoms with van der Waals surface area (Å²) < 4.78 is 3.59. The van der Waals surface area contributed by atoms with Gasteiger partial charge in [0.05, 0.1) is 6.20 Å². The Morgan fingerprint density at radius 3 is 3.00 bits per heavy atom. The molecule has 1 aromatic carbocycles. The number of nitrogens with zero attached hydrogens (tertiary/aromatic N) is 5. The Morgan fingerprint density at radius 1 is 1.27 bits per heavy atom. The van der Waals surface area contributed by atoms with E-state index in [1.807, 2.05) is 35.9 Å². The Bertz CT molecular complexity index is 1320. The average Bonchev–Trinajstić information content (AvgIpc) is 3.35. The lowest BCUT2D eigenvalue weighted by Crippen LogP contribution is -2.17. The summed E-state index contributed by atoms with van der Waals surface area (Å²) in [6.07, 6.45) is 8.68. The number of anilines is 2. The van der Waals surface area contributed by atoms with E-state index < -0.39 is 0 Å². The van der Waals surface area contributed by atoms with Crippen LogP contribution in [0, 0.1) is 4.91 Å². The predicted octanol–water partition coefficient (Wildman–Crippen LogP) is 4.08. The highest BCUT2D eigenvalue weighted by atomic mass is 16.3. The van der Waals surface area contributed by atoms with E-state index in [-0.39, 0.29) is 11.6 Å². The molecule has 5 rings (SSSR count). The number of benzene rings is 1. The summed E-state index contributed by atoms with van der Waals surface area (Å²) >= 11 is 0. The van der Waals surface area contributed by atoms with Crippen molar-refractivity contribution in [2.45, 2.75) is 32.4 Å². The summed E-state index contributed by atoms with van der Waals surface area (Å²) in [5, 5.41) is 6.72. The van der Waals surface area contributed by atoms with E-state index in [9.17, 15) is 9.70 Å². The van der Waals surface area contributed by atoms with E-state index in [0.717, 1.165) is 46.7 Å². The molecule has 0 radical (unpaired) electrons. The number of hydrogen-bond acceptors (Lipinski definition) is 6. The summed E-state index contributed by atoms with van der Waals surface area (Å²) in [6, 6.07) is 9.10. The van der Waals surface area contributed by atoms with Crippen LogP contribution in [0.1, 0.15) is 30.5 Å². The van der Waals surface area contributed by atoms with E-state index >= 15 is 0 Å². The number of hydrogen-bond donors (Lipinski definition) is 1. The first-order valence-electron chi connectivity index (χ1n) is 9.93. The molecule has 1 aliphatic carbocycles. The Morgan fingerprint density at radius 2 is 2.17 bits per heavy atom. The SMILES string of the molecule is CCn1cc(-c2nc3cnccn3c2Nc2ccc3c(c2)CCC3N=O)ccc1=O. The number of fused-ring (bicyclic) bond motifs is 2. The van der Waals surface area contributed by atoms with Crippen molar-refractivity contribution >= 4 is 17.2 Å². The second-order valence-corrected chi connectivity index (χ2v) is 7.35. The lowest BCUT2D eigenvalue weighted by Gasteiger charge is -2.11. The number of nitrogens with one attached hydrogen (secondary N) is 1.